The molecule has 0 fully saturated rings. The van der Waals surface area contributed by atoms with Crippen molar-refractivity contribution in [1.29, 1.82) is 0 Å². The van der Waals surface area contributed by atoms with Crippen molar-refractivity contribution in [1.82, 2.24) is 14.5 Å². The fourth-order valence-electron chi connectivity index (χ4n) is 10.1. The van der Waals surface area contributed by atoms with Crippen LogP contribution >= 0.6 is 0 Å². The summed E-state index contributed by atoms with van der Waals surface area (Å²) in [4.78, 5) is 10.5. The first-order chi connectivity index (χ1) is 31.7. The number of nitrogens with one attached hydrogen (secondary N) is 1. The molecule has 3 heterocycles. The lowest BCUT2D eigenvalue weighted by molar-refractivity contribution is 0.753. The van der Waals surface area contributed by atoms with E-state index < -0.39 is 6.17 Å². The molecule has 9 aromatic carbocycles. The first kappa shape index (κ1) is 36.4. The number of amidine groups is 2. The number of fused-ring (bicyclic) bond motifs is 9. The van der Waals surface area contributed by atoms with E-state index >= 15 is 0 Å². The summed E-state index contributed by atoms with van der Waals surface area (Å²) in [6.45, 7) is 0. The molecule has 302 valence electrons. The van der Waals surface area contributed by atoms with Crippen LogP contribution in [0.4, 0.5) is 0 Å². The number of rotatable bonds is 6. The summed E-state index contributed by atoms with van der Waals surface area (Å²) < 4.78 is 4.83. The minimum Gasteiger partial charge on any atom is -0.324 e. The number of aromatic nitrogens is 2. The van der Waals surface area contributed by atoms with Crippen LogP contribution in [0.15, 0.2) is 228 Å². The topological polar surface area (TPSA) is 46.6 Å². The van der Waals surface area contributed by atoms with Gasteiger partial charge < -0.3 is 14.5 Å². The molecule has 0 amide bonds. The van der Waals surface area contributed by atoms with E-state index in [1.54, 1.807) is 0 Å². The first-order valence-electron chi connectivity index (χ1n) is 22.1. The maximum atomic E-state index is 5.31. The van der Waals surface area contributed by atoms with Gasteiger partial charge in [0.25, 0.3) is 0 Å². The Kier molecular flexibility index (Phi) is 8.34. The largest absolute Gasteiger partial charge is 0.324 e. The Morgan fingerprint density at radius 2 is 1.08 bits per heavy atom. The van der Waals surface area contributed by atoms with Gasteiger partial charge in [-0.15, -0.1) is 0 Å². The Morgan fingerprint density at radius 3 is 1.86 bits per heavy atom. The van der Waals surface area contributed by atoms with Gasteiger partial charge in [0.2, 0.25) is 0 Å². The quantitative estimate of drug-likeness (QED) is 0.178. The van der Waals surface area contributed by atoms with E-state index in [4.69, 9.17) is 9.98 Å². The third-order valence-electron chi connectivity index (χ3n) is 13.3. The molecule has 5 nitrogen and oxygen atoms in total. The van der Waals surface area contributed by atoms with Gasteiger partial charge in [-0.1, -0.05) is 164 Å². The summed E-state index contributed by atoms with van der Waals surface area (Å²) >= 11 is 0. The van der Waals surface area contributed by atoms with Crippen LogP contribution in [0.1, 0.15) is 40.8 Å². The number of benzene rings is 9. The van der Waals surface area contributed by atoms with Crippen molar-refractivity contribution in [3.8, 4) is 5.69 Å². The summed E-state index contributed by atoms with van der Waals surface area (Å²) in [5, 5.41) is 13.6. The summed E-state index contributed by atoms with van der Waals surface area (Å²) in [7, 11) is 0. The van der Waals surface area contributed by atoms with Crippen LogP contribution in [0.25, 0.3) is 76.5 Å². The monoisotopic (exact) mass is 819 g/mol. The molecule has 0 bridgehead atoms. The lowest BCUT2D eigenvalue weighted by Crippen LogP contribution is -2.36. The number of hydrogen-bond donors (Lipinski definition) is 1. The normalized spacial score (nSPS) is 16.4. The fourth-order valence-corrected chi connectivity index (χ4v) is 10.1. The highest BCUT2D eigenvalue weighted by molar-refractivity contribution is 6.22. The fraction of sp³-hybridized carbons (Fsp3) is 0.0508. The molecule has 2 aromatic heterocycles. The van der Waals surface area contributed by atoms with E-state index in [-0.39, 0.29) is 5.92 Å². The van der Waals surface area contributed by atoms with Crippen molar-refractivity contribution < 1.29 is 0 Å². The molecule has 0 saturated carbocycles. The molecular formula is C59H41N5. The number of allylic oxidation sites excluding steroid dienone is 4. The molecule has 2 atom stereocenters. The predicted octanol–water partition coefficient (Wildman–Crippen LogP) is 14.3. The Morgan fingerprint density at radius 1 is 0.438 bits per heavy atom. The third-order valence-corrected chi connectivity index (χ3v) is 13.3. The molecular weight excluding hydrogens is 779 g/mol. The van der Waals surface area contributed by atoms with Crippen LogP contribution in [0.3, 0.4) is 0 Å². The van der Waals surface area contributed by atoms with Gasteiger partial charge in [0.05, 0.1) is 22.1 Å². The second-order valence-electron chi connectivity index (χ2n) is 17.0. The maximum Gasteiger partial charge on any atom is 0.169 e. The highest BCUT2D eigenvalue weighted by Gasteiger charge is 2.24. The molecule has 64 heavy (non-hydrogen) atoms. The van der Waals surface area contributed by atoms with Crippen molar-refractivity contribution >= 4 is 82.5 Å². The smallest absolute Gasteiger partial charge is 0.169 e. The molecule has 1 aliphatic carbocycles. The molecule has 0 radical (unpaired) electrons. The summed E-state index contributed by atoms with van der Waals surface area (Å²) in [6, 6.07) is 72.0. The van der Waals surface area contributed by atoms with Crippen molar-refractivity contribution in [3.63, 3.8) is 0 Å². The molecule has 0 saturated heterocycles. The molecule has 2 unspecified atom stereocenters. The standard InChI is InChI=1S/C59H41N5/c1-3-14-41(15-4-1)57-60-58(62-59(61-57)45-30-34-54-51(36-45)49-21-11-12-22-53(49)63(54)46-18-5-2-6-19-46)42-25-23-38(24-26-42)39-27-31-47(32-28-39)64-55-37-44-17-8-7-16-43(44)35-52(55)50-33-29-40-13-9-10-20-48(40)56(50)64/h1-27,29-37,39,58H,28H2,(H,60,61,62). The zero-order chi connectivity index (χ0) is 42.1. The van der Waals surface area contributed by atoms with Crippen LogP contribution in [0, 0.1) is 0 Å². The third kappa shape index (κ3) is 5.93. The average molecular weight is 820 g/mol. The average Bonchev–Trinajstić information content (AvgIpc) is 3.88. The number of nitrogens with zero attached hydrogens (tertiary/aromatic N) is 4. The van der Waals surface area contributed by atoms with Gasteiger partial charge in [-0.2, -0.15) is 0 Å². The van der Waals surface area contributed by atoms with E-state index in [9.17, 15) is 0 Å². The second kappa shape index (κ2) is 14.7. The Balaban J connectivity index is 0.845. The highest BCUT2D eigenvalue weighted by Crippen LogP contribution is 2.41. The minimum atomic E-state index is -0.406. The summed E-state index contributed by atoms with van der Waals surface area (Å²) in [6.07, 6.45) is 7.62. The van der Waals surface area contributed by atoms with Crippen molar-refractivity contribution in [3.05, 3.63) is 241 Å². The van der Waals surface area contributed by atoms with Gasteiger partial charge in [-0.05, 0) is 88.3 Å². The van der Waals surface area contributed by atoms with E-state index in [0.717, 1.165) is 46.0 Å². The van der Waals surface area contributed by atoms with Crippen LogP contribution in [-0.2, 0) is 0 Å². The van der Waals surface area contributed by atoms with Gasteiger partial charge in [-0.25, -0.2) is 9.98 Å². The molecule has 2 aliphatic rings. The summed E-state index contributed by atoms with van der Waals surface area (Å²) in [5.74, 6) is 1.87. The number of para-hydroxylation sites is 2. The number of hydrogen-bond acceptors (Lipinski definition) is 3. The Bertz CT molecular complexity index is 3770. The van der Waals surface area contributed by atoms with Gasteiger partial charge in [0, 0.05) is 55.4 Å². The molecule has 0 spiro atoms. The molecule has 5 heteroatoms. The van der Waals surface area contributed by atoms with Crippen molar-refractivity contribution in [2.24, 2.45) is 9.98 Å². The van der Waals surface area contributed by atoms with Crippen LogP contribution in [0.2, 0.25) is 0 Å². The SMILES string of the molecule is C1=CC(c2ccc(C3N=C(c4ccccc4)NC(c4ccc5c(c4)c4ccccc4n5-c4ccccc4)=N3)cc2)CC=C1n1c2cc3ccccc3cc2c2ccc3ccccc3c21. The van der Waals surface area contributed by atoms with E-state index in [2.05, 4.69) is 227 Å². The van der Waals surface area contributed by atoms with Crippen LogP contribution < -0.4 is 5.32 Å². The molecule has 11 aromatic rings. The van der Waals surface area contributed by atoms with Gasteiger partial charge in [0.1, 0.15) is 11.7 Å². The minimum absolute atomic E-state index is 0.253. The lowest BCUT2D eigenvalue weighted by Gasteiger charge is -2.23. The second-order valence-corrected chi connectivity index (χ2v) is 17.0. The van der Waals surface area contributed by atoms with Gasteiger partial charge in [0.15, 0.2) is 6.17 Å². The maximum absolute atomic E-state index is 5.31. The summed E-state index contributed by atoms with van der Waals surface area (Å²) in [5.41, 5.74) is 11.6. The molecule has 1 aliphatic heterocycles. The first-order valence-corrected chi connectivity index (χ1v) is 22.1. The molecule has 13 rings (SSSR count). The Labute approximate surface area is 370 Å². The van der Waals surface area contributed by atoms with E-state index in [1.165, 1.54) is 70.9 Å². The van der Waals surface area contributed by atoms with Crippen molar-refractivity contribution in [2.75, 3.05) is 0 Å². The zero-order valence-corrected chi connectivity index (χ0v) is 34.9. The predicted molar refractivity (Wildman–Crippen MR) is 268 cm³/mol. The highest BCUT2D eigenvalue weighted by atomic mass is 15.2. The van der Waals surface area contributed by atoms with Gasteiger partial charge >= 0.3 is 0 Å². The Hall–Kier alpha value is -8.28. The lowest BCUT2D eigenvalue weighted by atomic mass is 9.91. The van der Waals surface area contributed by atoms with Crippen molar-refractivity contribution in [2.45, 2.75) is 18.5 Å². The zero-order valence-electron chi connectivity index (χ0n) is 34.9. The van der Waals surface area contributed by atoms with E-state index in [1.807, 2.05) is 6.07 Å². The number of aliphatic imine (C=N–C) groups is 2. The molecule has 1 N–H and O–H groups in total. The van der Waals surface area contributed by atoms with E-state index in [0.29, 0.717) is 0 Å². The van der Waals surface area contributed by atoms with Crippen LogP contribution in [-0.4, -0.2) is 20.8 Å². The van der Waals surface area contributed by atoms with Crippen LogP contribution in [0.5, 0.6) is 0 Å². The van der Waals surface area contributed by atoms with Gasteiger partial charge in [-0.3, -0.25) is 0 Å².